The van der Waals surface area contributed by atoms with Gasteiger partial charge in [0.05, 0.1) is 12.0 Å². The fraction of sp³-hybridized carbons (Fsp3) is 0.500. The third kappa shape index (κ3) is 3.40. The summed E-state index contributed by atoms with van der Waals surface area (Å²) in [5.41, 5.74) is 0.357. The summed E-state index contributed by atoms with van der Waals surface area (Å²) < 4.78 is 5.13. The smallest absolute Gasteiger partial charge is 0.271 e. The van der Waals surface area contributed by atoms with E-state index in [2.05, 4.69) is 10.3 Å². The minimum absolute atomic E-state index is 0.0200. The number of nitro groups is 1. The van der Waals surface area contributed by atoms with E-state index in [1.165, 1.54) is 31.7 Å². The summed E-state index contributed by atoms with van der Waals surface area (Å²) in [4.78, 5) is 10.3. The van der Waals surface area contributed by atoms with Crippen LogP contribution in [-0.4, -0.2) is 30.1 Å². The predicted octanol–water partition coefficient (Wildman–Crippen LogP) is 3.09. The molecule has 0 spiro atoms. The molecule has 0 aliphatic carbocycles. The van der Waals surface area contributed by atoms with Gasteiger partial charge in [0.2, 0.25) is 0 Å². The van der Waals surface area contributed by atoms with Crippen LogP contribution < -0.4 is 4.74 Å². The lowest BCUT2D eigenvalue weighted by atomic mass is 10.2. The van der Waals surface area contributed by atoms with Gasteiger partial charge in [-0.25, -0.2) is 0 Å². The lowest BCUT2D eigenvalue weighted by Gasteiger charge is -2.21. The van der Waals surface area contributed by atoms with Gasteiger partial charge < -0.3 is 4.74 Å². The van der Waals surface area contributed by atoms with Crippen LogP contribution in [0.3, 0.4) is 0 Å². The van der Waals surface area contributed by atoms with Gasteiger partial charge >= 0.3 is 0 Å². The average molecular weight is 264 g/mol. The van der Waals surface area contributed by atoms with Crippen LogP contribution in [-0.2, 0) is 0 Å². The number of rotatable bonds is 4. The molecule has 7 nitrogen and oxygen atoms in total. The van der Waals surface area contributed by atoms with Gasteiger partial charge in [-0.3, -0.25) is 15.1 Å². The Morgan fingerprint density at radius 3 is 2.68 bits per heavy atom. The molecular formula is C12H16N4O3. The summed E-state index contributed by atoms with van der Waals surface area (Å²) in [6.07, 6.45) is 3.42. The van der Waals surface area contributed by atoms with Crippen LogP contribution in [0.2, 0.25) is 0 Å². The highest BCUT2D eigenvalue weighted by Gasteiger charge is 2.12. The van der Waals surface area contributed by atoms with Crippen LogP contribution in [0.15, 0.2) is 28.5 Å². The third-order valence-corrected chi connectivity index (χ3v) is 2.98. The molecule has 2 rings (SSSR count). The second kappa shape index (κ2) is 6.12. The topological polar surface area (TPSA) is 80.3 Å². The highest BCUT2D eigenvalue weighted by Crippen LogP contribution is 2.31. The molecule has 1 aliphatic heterocycles. The molecule has 1 aliphatic rings. The lowest BCUT2D eigenvalue weighted by Crippen LogP contribution is -2.23. The zero-order valence-electron chi connectivity index (χ0n) is 10.8. The van der Waals surface area contributed by atoms with Gasteiger partial charge in [-0.1, -0.05) is 5.22 Å². The Morgan fingerprint density at radius 1 is 1.32 bits per heavy atom. The predicted molar refractivity (Wildman–Crippen MR) is 69.6 cm³/mol. The molecule has 1 aromatic rings. The summed E-state index contributed by atoms with van der Waals surface area (Å²) in [5.74, 6) is 0.478. The molecule has 102 valence electrons. The molecule has 0 aromatic heterocycles. The molecule has 19 heavy (non-hydrogen) atoms. The van der Waals surface area contributed by atoms with Crippen LogP contribution >= 0.6 is 0 Å². The van der Waals surface area contributed by atoms with Gasteiger partial charge in [-0.05, 0) is 25.3 Å². The first kappa shape index (κ1) is 13.3. The van der Waals surface area contributed by atoms with Crippen molar-refractivity contribution in [1.29, 1.82) is 0 Å². The summed E-state index contributed by atoms with van der Waals surface area (Å²) in [7, 11) is 1.50. The minimum Gasteiger partial charge on any atom is -0.494 e. The van der Waals surface area contributed by atoms with E-state index in [1.807, 2.05) is 5.01 Å². The first-order valence-electron chi connectivity index (χ1n) is 6.20. The van der Waals surface area contributed by atoms with E-state index in [-0.39, 0.29) is 5.69 Å². The molecule has 0 unspecified atom stereocenters. The van der Waals surface area contributed by atoms with Gasteiger partial charge in [0.25, 0.3) is 5.69 Å². The van der Waals surface area contributed by atoms with Gasteiger partial charge in [-0.15, -0.1) is 5.11 Å². The van der Waals surface area contributed by atoms with E-state index in [1.54, 1.807) is 0 Å². The van der Waals surface area contributed by atoms with Crippen molar-refractivity contribution in [3.05, 3.63) is 28.3 Å². The molecule has 0 atom stereocenters. The van der Waals surface area contributed by atoms with Crippen molar-refractivity contribution < 1.29 is 9.66 Å². The Labute approximate surface area is 111 Å². The average Bonchev–Trinajstić information content (AvgIpc) is 2.45. The molecular weight excluding hydrogens is 248 g/mol. The van der Waals surface area contributed by atoms with Gasteiger partial charge in [0, 0.05) is 25.2 Å². The Morgan fingerprint density at radius 2 is 2.05 bits per heavy atom. The summed E-state index contributed by atoms with van der Waals surface area (Å²) in [6, 6.07) is 4.29. The fourth-order valence-corrected chi connectivity index (χ4v) is 1.95. The van der Waals surface area contributed by atoms with Crippen molar-refractivity contribution in [2.24, 2.45) is 10.3 Å². The number of hydrogen-bond donors (Lipinski definition) is 0. The molecule has 0 amide bonds. The highest BCUT2D eigenvalue weighted by molar-refractivity contribution is 5.57. The molecule has 1 fully saturated rings. The van der Waals surface area contributed by atoms with Crippen LogP contribution in [0.5, 0.6) is 5.75 Å². The number of methoxy groups -OCH3 is 1. The zero-order chi connectivity index (χ0) is 13.7. The normalized spacial score (nSPS) is 15.7. The number of piperidine rings is 1. The Balaban J connectivity index is 2.18. The lowest BCUT2D eigenvalue weighted by molar-refractivity contribution is -0.384. The zero-order valence-corrected chi connectivity index (χ0v) is 10.8. The summed E-state index contributed by atoms with van der Waals surface area (Å²) in [6.45, 7) is 1.75. The number of ether oxygens (including phenoxy) is 1. The molecule has 1 heterocycles. The maximum Gasteiger partial charge on any atom is 0.271 e. The Bertz CT molecular complexity index is 484. The van der Waals surface area contributed by atoms with Crippen molar-refractivity contribution in [2.75, 3.05) is 20.2 Å². The van der Waals surface area contributed by atoms with Gasteiger partial charge in [-0.2, -0.15) is 0 Å². The molecule has 0 bridgehead atoms. The first-order valence-corrected chi connectivity index (χ1v) is 6.20. The quantitative estimate of drug-likeness (QED) is 0.475. The van der Waals surface area contributed by atoms with E-state index in [0.717, 1.165) is 25.9 Å². The van der Waals surface area contributed by atoms with E-state index in [4.69, 9.17) is 4.74 Å². The number of nitrogens with zero attached hydrogens (tertiary/aromatic N) is 4. The van der Waals surface area contributed by atoms with Crippen LogP contribution in [0.25, 0.3) is 0 Å². The second-order valence-corrected chi connectivity index (χ2v) is 4.32. The second-order valence-electron chi connectivity index (χ2n) is 4.32. The molecule has 7 heteroatoms. The fourth-order valence-electron chi connectivity index (χ4n) is 1.95. The molecule has 1 saturated heterocycles. The van der Waals surface area contributed by atoms with Crippen molar-refractivity contribution >= 4 is 11.4 Å². The Kier molecular flexibility index (Phi) is 4.27. The molecule has 0 radical (unpaired) electrons. The third-order valence-electron chi connectivity index (χ3n) is 2.98. The van der Waals surface area contributed by atoms with Gasteiger partial charge in [0.15, 0.2) is 0 Å². The summed E-state index contributed by atoms with van der Waals surface area (Å²) >= 11 is 0. The van der Waals surface area contributed by atoms with E-state index >= 15 is 0 Å². The van der Waals surface area contributed by atoms with Gasteiger partial charge in [0.1, 0.15) is 11.4 Å². The van der Waals surface area contributed by atoms with Crippen LogP contribution in [0.1, 0.15) is 19.3 Å². The standard InChI is InChI=1S/C12H16N4O3/c1-19-12-6-5-10(16(17)18)9-11(12)13-14-15-7-3-2-4-8-15/h5-6,9H,2-4,7-8H2,1H3. The van der Waals surface area contributed by atoms with Crippen LogP contribution in [0.4, 0.5) is 11.4 Å². The number of hydrogen-bond acceptors (Lipinski definition) is 5. The largest absolute Gasteiger partial charge is 0.494 e. The summed E-state index contributed by atoms with van der Waals surface area (Å²) in [5, 5.41) is 20.8. The van der Waals surface area contributed by atoms with E-state index < -0.39 is 4.92 Å². The van der Waals surface area contributed by atoms with E-state index in [9.17, 15) is 10.1 Å². The SMILES string of the molecule is COc1ccc([N+](=O)[O-])cc1N=NN1CCCCC1. The van der Waals surface area contributed by atoms with Crippen molar-refractivity contribution in [3.63, 3.8) is 0 Å². The highest BCUT2D eigenvalue weighted by atomic mass is 16.6. The van der Waals surface area contributed by atoms with Crippen LogP contribution in [0, 0.1) is 10.1 Å². The number of benzene rings is 1. The number of non-ortho nitro benzene ring substituents is 1. The van der Waals surface area contributed by atoms with Crippen molar-refractivity contribution in [2.45, 2.75) is 19.3 Å². The maximum absolute atomic E-state index is 10.7. The van der Waals surface area contributed by atoms with Crippen molar-refractivity contribution in [1.82, 2.24) is 5.01 Å². The molecule has 0 N–H and O–H groups in total. The molecule has 1 aromatic carbocycles. The van der Waals surface area contributed by atoms with Crippen molar-refractivity contribution in [3.8, 4) is 5.75 Å². The first-order chi connectivity index (χ1) is 9.20. The Hall–Kier alpha value is -2.18. The number of nitro benzene ring substituents is 1. The monoisotopic (exact) mass is 264 g/mol. The maximum atomic E-state index is 10.7. The van der Waals surface area contributed by atoms with E-state index in [0.29, 0.717) is 11.4 Å². The minimum atomic E-state index is -0.459. The molecule has 0 saturated carbocycles.